The molecule has 1 aliphatic heterocycles. The van der Waals surface area contributed by atoms with Crippen molar-refractivity contribution in [1.82, 2.24) is 5.32 Å². The Morgan fingerprint density at radius 2 is 2.35 bits per heavy atom. The van der Waals surface area contributed by atoms with Crippen LogP contribution in [-0.2, 0) is 0 Å². The van der Waals surface area contributed by atoms with Gasteiger partial charge in [-0.1, -0.05) is 18.5 Å². The monoisotopic (exact) mass is 364 g/mol. The Balaban J connectivity index is 2.21. The van der Waals surface area contributed by atoms with Gasteiger partial charge in [0.1, 0.15) is 0 Å². The first-order chi connectivity index (χ1) is 8.20. The lowest BCUT2D eigenvalue weighted by Gasteiger charge is -2.27. The molecule has 0 amide bonds. The van der Waals surface area contributed by atoms with Gasteiger partial charge in [0.15, 0.2) is 0 Å². The fourth-order valence-corrected chi connectivity index (χ4v) is 2.93. The third-order valence-corrected chi connectivity index (χ3v) is 4.21. The highest BCUT2D eigenvalue weighted by molar-refractivity contribution is 14.1. The molecule has 1 N–H and O–H groups in total. The summed E-state index contributed by atoms with van der Waals surface area (Å²) in [6.45, 7) is 5.48. The van der Waals surface area contributed by atoms with Crippen molar-refractivity contribution in [3.63, 3.8) is 0 Å². The van der Waals surface area contributed by atoms with Gasteiger partial charge in [0.05, 0.1) is 10.7 Å². The van der Waals surface area contributed by atoms with Crippen LogP contribution in [0.1, 0.15) is 19.8 Å². The molecule has 1 heterocycles. The van der Waals surface area contributed by atoms with Crippen LogP contribution in [0, 0.1) is 3.57 Å². The smallest absolute Gasteiger partial charge is 0.0640 e. The Kier molecular flexibility index (Phi) is 4.94. The zero-order valence-corrected chi connectivity index (χ0v) is 13.0. The minimum atomic E-state index is 0.575. The van der Waals surface area contributed by atoms with E-state index < -0.39 is 0 Å². The maximum absolute atomic E-state index is 6.31. The molecular weight excluding hydrogens is 347 g/mol. The summed E-state index contributed by atoms with van der Waals surface area (Å²) in [5.74, 6) is 0. The summed E-state index contributed by atoms with van der Waals surface area (Å²) < 4.78 is 1.24. The second-order valence-corrected chi connectivity index (χ2v) is 6.11. The van der Waals surface area contributed by atoms with E-state index in [0.717, 1.165) is 31.1 Å². The van der Waals surface area contributed by atoms with Crippen molar-refractivity contribution in [1.29, 1.82) is 0 Å². The van der Waals surface area contributed by atoms with E-state index in [-0.39, 0.29) is 0 Å². The molecule has 1 aromatic carbocycles. The average molecular weight is 365 g/mol. The number of nitrogens with one attached hydrogen (secondary N) is 1. The van der Waals surface area contributed by atoms with E-state index in [2.05, 4.69) is 51.9 Å². The number of hydrogen-bond acceptors (Lipinski definition) is 2. The van der Waals surface area contributed by atoms with Crippen molar-refractivity contribution in [2.24, 2.45) is 0 Å². The number of rotatable bonds is 2. The fraction of sp³-hybridized carbons (Fsp3) is 0.538. The molecule has 0 radical (unpaired) electrons. The van der Waals surface area contributed by atoms with E-state index in [1.165, 1.54) is 15.7 Å². The molecule has 4 heteroatoms. The normalized spacial score (nSPS) is 21.4. The van der Waals surface area contributed by atoms with Crippen molar-refractivity contribution in [2.75, 3.05) is 24.5 Å². The van der Waals surface area contributed by atoms with Crippen LogP contribution in [0.5, 0.6) is 0 Å². The van der Waals surface area contributed by atoms with E-state index in [1.807, 2.05) is 6.07 Å². The quantitative estimate of drug-likeness (QED) is 0.808. The summed E-state index contributed by atoms with van der Waals surface area (Å²) >= 11 is 8.65. The van der Waals surface area contributed by atoms with Crippen LogP contribution in [0.15, 0.2) is 18.2 Å². The topological polar surface area (TPSA) is 15.3 Å². The molecule has 1 atom stereocenters. The lowest BCUT2D eigenvalue weighted by molar-refractivity contribution is 0.528. The first-order valence-corrected chi connectivity index (χ1v) is 7.59. The predicted molar refractivity (Wildman–Crippen MR) is 83.1 cm³/mol. The highest BCUT2D eigenvalue weighted by atomic mass is 127. The van der Waals surface area contributed by atoms with E-state index in [9.17, 15) is 0 Å². The molecule has 1 aromatic rings. The maximum atomic E-state index is 6.31. The van der Waals surface area contributed by atoms with Crippen molar-refractivity contribution in [2.45, 2.75) is 25.8 Å². The molecule has 1 aliphatic rings. The van der Waals surface area contributed by atoms with Gasteiger partial charge < -0.3 is 10.2 Å². The number of hydrogen-bond donors (Lipinski definition) is 1. The zero-order chi connectivity index (χ0) is 12.3. The summed E-state index contributed by atoms with van der Waals surface area (Å²) in [5, 5.41) is 4.44. The van der Waals surface area contributed by atoms with Crippen LogP contribution < -0.4 is 10.2 Å². The Hall–Kier alpha value is -0.000000000000000132. The predicted octanol–water partition coefficient (Wildman–Crippen LogP) is 3.52. The van der Waals surface area contributed by atoms with Gasteiger partial charge in [0.2, 0.25) is 0 Å². The Bertz CT molecular complexity index is 384. The van der Waals surface area contributed by atoms with E-state index >= 15 is 0 Å². The van der Waals surface area contributed by atoms with Crippen LogP contribution in [0.2, 0.25) is 5.02 Å². The Morgan fingerprint density at radius 1 is 1.53 bits per heavy atom. The second kappa shape index (κ2) is 6.25. The molecule has 1 saturated heterocycles. The molecule has 0 aliphatic carbocycles. The molecule has 94 valence electrons. The number of halogens is 2. The van der Waals surface area contributed by atoms with Gasteiger partial charge in [-0.15, -0.1) is 0 Å². The molecule has 2 rings (SSSR count). The summed E-state index contributed by atoms with van der Waals surface area (Å²) in [6, 6.07) is 6.81. The average Bonchev–Trinajstić information content (AvgIpc) is 2.57. The first kappa shape index (κ1) is 13.4. The summed E-state index contributed by atoms with van der Waals surface area (Å²) in [4.78, 5) is 2.42. The molecule has 0 spiro atoms. The zero-order valence-electron chi connectivity index (χ0n) is 10.0. The first-order valence-electron chi connectivity index (χ1n) is 6.14. The molecule has 2 nitrogen and oxygen atoms in total. The number of nitrogens with zero attached hydrogens (tertiary/aromatic N) is 1. The van der Waals surface area contributed by atoms with Crippen LogP contribution in [0.25, 0.3) is 0 Å². The van der Waals surface area contributed by atoms with Gasteiger partial charge in [0.25, 0.3) is 0 Å². The van der Waals surface area contributed by atoms with Crippen molar-refractivity contribution in [3.05, 3.63) is 26.8 Å². The third-order valence-electron chi connectivity index (χ3n) is 3.22. The molecule has 0 saturated carbocycles. The lowest BCUT2D eigenvalue weighted by atomic mass is 10.2. The number of anilines is 1. The van der Waals surface area contributed by atoms with Gasteiger partial charge in [-0.2, -0.15) is 0 Å². The highest BCUT2D eigenvalue weighted by Gasteiger charge is 2.18. The standard InChI is InChI=1S/C13H18ClIN2/c1-2-11-9-17(7-3-6-16-11)13-8-10(15)4-5-12(13)14/h4-5,8,11,16H,2-3,6-7,9H2,1H3. The summed E-state index contributed by atoms with van der Waals surface area (Å²) in [5.41, 5.74) is 1.18. The van der Waals surface area contributed by atoms with E-state index in [0.29, 0.717) is 6.04 Å². The molecule has 1 unspecified atom stereocenters. The molecular formula is C13H18ClIN2. The summed E-state index contributed by atoms with van der Waals surface area (Å²) in [6.07, 6.45) is 2.34. The second-order valence-electron chi connectivity index (χ2n) is 4.45. The van der Waals surface area contributed by atoms with Crippen LogP contribution in [0.3, 0.4) is 0 Å². The SMILES string of the molecule is CCC1CN(c2cc(I)ccc2Cl)CCCN1. The van der Waals surface area contributed by atoms with Gasteiger partial charge in [-0.05, 0) is 60.2 Å². The van der Waals surface area contributed by atoms with Gasteiger partial charge >= 0.3 is 0 Å². The maximum Gasteiger partial charge on any atom is 0.0640 e. The molecule has 1 fully saturated rings. The number of benzene rings is 1. The fourth-order valence-electron chi connectivity index (χ4n) is 2.22. The third kappa shape index (κ3) is 3.48. The van der Waals surface area contributed by atoms with Crippen LogP contribution >= 0.6 is 34.2 Å². The molecule has 17 heavy (non-hydrogen) atoms. The minimum Gasteiger partial charge on any atom is -0.369 e. The van der Waals surface area contributed by atoms with Crippen molar-refractivity contribution < 1.29 is 0 Å². The minimum absolute atomic E-state index is 0.575. The van der Waals surface area contributed by atoms with Gasteiger partial charge in [-0.25, -0.2) is 0 Å². The highest BCUT2D eigenvalue weighted by Crippen LogP contribution is 2.28. The lowest BCUT2D eigenvalue weighted by Crippen LogP contribution is -2.37. The van der Waals surface area contributed by atoms with E-state index in [4.69, 9.17) is 11.6 Å². The molecule has 0 aromatic heterocycles. The Morgan fingerprint density at radius 3 is 3.12 bits per heavy atom. The Labute approximate surface area is 122 Å². The van der Waals surface area contributed by atoms with Gasteiger partial charge in [0, 0.05) is 22.7 Å². The van der Waals surface area contributed by atoms with Crippen molar-refractivity contribution in [3.8, 4) is 0 Å². The van der Waals surface area contributed by atoms with Crippen LogP contribution in [-0.4, -0.2) is 25.7 Å². The summed E-state index contributed by atoms with van der Waals surface area (Å²) in [7, 11) is 0. The molecule has 0 bridgehead atoms. The van der Waals surface area contributed by atoms with Gasteiger partial charge in [-0.3, -0.25) is 0 Å². The largest absolute Gasteiger partial charge is 0.369 e. The van der Waals surface area contributed by atoms with Crippen LogP contribution in [0.4, 0.5) is 5.69 Å². The van der Waals surface area contributed by atoms with Crippen molar-refractivity contribution >= 4 is 39.9 Å². The van der Waals surface area contributed by atoms with E-state index in [1.54, 1.807) is 0 Å².